The van der Waals surface area contributed by atoms with Crippen LogP contribution in [0.25, 0.3) is 0 Å². The molecule has 0 aromatic carbocycles. The summed E-state index contributed by atoms with van der Waals surface area (Å²) in [5.41, 5.74) is -0.196. The number of carboxylic acids is 1. The zero-order valence-electron chi connectivity index (χ0n) is 21.0. The first-order valence-corrected chi connectivity index (χ1v) is 13.9. The number of aliphatic carboxylic acids is 1. The quantitative estimate of drug-likeness (QED) is 0.346. The van der Waals surface area contributed by atoms with Gasteiger partial charge in [0.2, 0.25) is 5.91 Å². The van der Waals surface area contributed by atoms with E-state index in [1.807, 2.05) is 0 Å². The normalized spacial score (nSPS) is 46.6. The van der Waals surface area contributed by atoms with Gasteiger partial charge in [-0.15, -0.1) is 0 Å². The number of nitrogens with one attached hydrogen (secondary N) is 2. The highest BCUT2D eigenvalue weighted by molar-refractivity contribution is 7.13. The first-order chi connectivity index (χ1) is 16.0. The summed E-state index contributed by atoms with van der Waals surface area (Å²) in [4.78, 5) is 23.3. The molecule has 0 aromatic heterocycles. The fourth-order valence-corrected chi connectivity index (χ4v) is 9.39. The lowest BCUT2D eigenvalue weighted by atomic mass is 9.43. The Morgan fingerprint density at radius 3 is 2.50 bits per heavy atom. The largest absolute Gasteiger partial charge is 0.481 e. The van der Waals surface area contributed by atoms with Gasteiger partial charge in [0, 0.05) is 12.5 Å². The zero-order valence-corrected chi connectivity index (χ0v) is 22.2. The molecule has 0 aromatic rings. The van der Waals surface area contributed by atoms with Gasteiger partial charge < -0.3 is 20.6 Å². The number of carbonyl (C=O) groups excluding carboxylic acids is 1. The van der Waals surface area contributed by atoms with Crippen molar-refractivity contribution in [3.8, 4) is 0 Å². The van der Waals surface area contributed by atoms with E-state index in [0.29, 0.717) is 18.3 Å². The van der Waals surface area contributed by atoms with E-state index in [9.17, 15) is 19.8 Å². The van der Waals surface area contributed by atoms with Crippen molar-refractivity contribution in [2.24, 2.45) is 46.3 Å². The van der Waals surface area contributed by atoms with Crippen molar-refractivity contribution < 1.29 is 24.9 Å². The molecule has 0 saturated heterocycles. The third-order valence-electron chi connectivity index (χ3n) is 11.0. The summed E-state index contributed by atoms with van der Waals surface area (Å²) in [5, 5.41) is 38.3. The maximum Gasteiger partial charge on any atom is 0.303 e. The fourth-order valence-electron chi connectivity index (χ4n) is 9.21. The molecule has 4 fully saturated rings. The van der Waals surface area contributed by atoms with E-state index in [-0.39, 0.29) is 65.5 Å². The van der Waals surface area contributed by atoms with Crippen molar-refractivity contribution in [3.05, 3.63) is 0 Å². The molecular weight excluding hydrogens is 451 g/mol. The molecule has 4 rings (SSSR count). The van der Waals surface area contributed by atoms with E-state index in [1.165, 1.54) is 0 Å². The summed E-state index contributed by atoms with van der Waals surface area (Å²) >= 11 is 0. The van der Waals surface area contributed by atoms with Gasteiger partial charge >= 0.3 is 5.97 Å². The molecule has 0 bridgehead atoms. The second-order valence-electron chi connectivity index (χ2n) is 12.4. The molecule has 0 heterocycles. The number of aliphatic hydroxyl groups excluding tert-OH is 2. The van der Waals surface area contributed by atoms with Crippen molar-refractivity contribution in [1.82, 2.24) is 10.4 Å². The summed E-state index contributed by atoms with van der Waals surface area (Å²) in [6, 6.07) is 0.150. The number of hydrogen-bond acceptors (Lipinski definition) is 5. The fraction of sp³-hybridized carbons (Fsp3) is 0.923. The van der Waals surface area contributed by atoms with E-state index < -0.39 is 12.1 Å². The van der Waals surface area contributed by atoms with Crippen LogP contribution in [0.3, 0.4) is 0 Å². The van der Waals surface area contributed by atoms with Crippen LogP contribution in [-0.4, -0.2) is 52.0 Å². The molecule has 8 heteroatoms. The Bertz CT molecular complexity index is 782. The first kappa shape index (κ1) is 26.3. The minimum Gasteiger partial charge on any atom is -0.481 e. The highest BCUT2D eigenvalue weighted by atomic mass is 31.0. The lowest BCUT2D eigenvalue weighted by Crippen LogP contribution is -2.63. The maximum absolute atomic E-state index is 12.1. The predicted molar refractivity (Wildman–Crippen MR) is 134 cm³/mol. The molecule has 34 heavy (non-hydrogen) atoms. The third kappa shape index (κ3) is 4.44. The second-order valence-corrected chi connectivity index (χ2v) is 12.8. The van der Waals surface area contributed by atoms with Crippen LogP contribution in [0.1, 0.15) is 78.6 Å². The van der Waals surface area contributed by atoms with Crippen LogP contribution in [-0.2, 0) is 9.59 Å². The molecule has 194 valence electrons. The Morgan fingerprint density at radius 1 is 1.09 bits per heavy atom. The number of carbonyl (C=O) groups is 2. The summed E-state index contributed by atoms with van der Waals surface area (Å²) < 4.78 is 0. The lowest BCUT2D eigenvalue weighted by Gasteiger charge is -2.63. The van der Waals surface area contributed by atoms with Crippen LogP contribution in [0.4, 0.5) is 0 Å². The molecule has 1 amide bonds. The minimum atomic E-state index is -0.755. The number of rotatable bonds is 7. The summed E-state index contributed by atoms with van der Waals surface area (Å²) in [5.74, 6) is 0.890. The van der Waals surface area contributed by atoms with Gasteiger partial charge in [-0.25, -0.2) is 0 Å². The minimum absolute atomic E-state index is 0.00991. The smallest absolute Gasteiger partial charge is 0.303 e. The summed E-state index contributed by atoms with van der Waals surface area (Å²) in [6.07, 6.45) is 6.38. The molecule has 5 N–H and O–H groups in total. The standard InChI is InChI=1S/C26H45N2O5P/c1-14(4-7-23(32)33)17-5-6-18-24-19(12-21(30)26(17,18)3)25(2)9-8-16(28-22(31)13-27-34)10-15(25)11-20(24)29/h14-21,24,27,29-30H,4-13,34H2,1-3H3,(H,28,31)(H,32,33)/t14-,15+,16+,17-,18+,19+,20-,21+,24?,25+,26-/m1/s1. The van der Waals surface area contributed by atoms with Crippen LogP contribution < -0.4 is 10.4 Å². The Labute approximate surface area is 206 Å². The molecule has 4 aliphatic rings. The topological polar surface area (TPSA) is 119 Å². The number of hydrogen-bond donors (Lipinski definition) is 5. The number of amides is 1. The molecule has 0 aliphatic heterocycles. The monoisotopic (exact) mass is 496 g/mol. The molecule has 4 aliphatic carbocycles. The first-order valence-electron chi connectivity index (χ1n) is 13.3. The molecule has 2 unspecified atom stereocenters. The second kappa shape index (κ2) is 9.95. The van der Waals surface area contributed by atoms with E-state index in [4.69, 9.17) is 5.11 Å². The van der Waals surface area contributed by atoms with E-state index >= 15 is 0 Å². The van der Waals surface area contributed by atoms with Crippen molar-refractivity contribution in [2.45, 2.75) is 96.8 Å². The van der Waals surface area contributed by atoms with Gasteiger partial charge in [-0.2, -0.15) is 0 Å². The van der Waals surface area contributed by atoms with Crippen molar-refractivity contribution in [1.29, 1.82) is 0 Å². The molecular formula is C26H45N2O5P. The Kier molecular flexibility index (Phi) is 7.70. The van der Waals surface area contributed by atoms with Crippen LogP contribution in [0, 0.1) is 46.3 Å². The number of aliphatic hydroxyl groups is 2. The van der Waals surface area contributed by atoms with Crippen LogP contribution in [0.15, 0.2) is 0 Å². The van der Waals surface area contributed by atoms with Gasteiger partial charge in [0.25, 0.3) is 0 Å². The molecule has 12 atom stereocenters. The highest BCUT2D eigenvalue weighted by Gasteiger charge is 2.65. The zero-order chi connectivity index (χ0) is 24.8. The third-order valence-corrected chi connectivity index (χ3v) is 11.2. The maximum atomic E-state index is 12.1. The molecule has 0 radical (unpaired) electrons. The van der Waals surface area contributed by atoms with Crippen LogP contribution >= 0.6 is 9.39 Å². The van der Waals surface area contributed by atoms with Gasteiger partial charge in [-0.3, -0.25) is 14.7 Å². The summed E-state index contributed by atoms with van der Waals surface area (Å²) in [7, 11) is 2.36. The van der Waals surface area contributed by atoms with Crippen molar-refractivity contribution in [2.75, 3.05) is 6.54 Å². The Hall–Kier alpha value is -0.750. The summed E-state index contributed by atoms with van der Waals surface area (Å²) in [6.45, 7) is 7.04. The predicted octanol–water partition coefficient (Wildman–Crippen LogP) is 2.95. The Balaban J connectivity index is 1.52. The van der Waals surface area contributed by atoms with Crippen molar-refractivity contribution >= 4 is 21.3 Å². The average molecular weight is 497 g/mol. The number of fused-ring (bicyclic) bond motifs is 5. The van der Waals surface area contributed by atoms with Crippen LogP contribution in [0.5, 0.6) is 0 Å². The lowest BCUT2D eigenvalue weighted by molar-refractivity contribution is -0.202. The van der Waals surface area contributed by atoms with E-state index in [1.54, 1.807) is 0 Å². The Morgan fingerprint density at radius 2 is 1.82 bits per heavy atom. The SMILES string of the molecule is C[C@H](CCC(=O)O)[C@H]1CC[C@H]2C3[C@H](O)C[C@@H]4C[C@@H](NC(=O)CNP)CC[C@]4(C)[C@H]3C[C@H](O)[C@]12C. The highest BCUT2D eigenvalue weighted by Crippen LogP contribution is 2.68. The van der Waals surface area contributed by atoms with Gasteiger partial charge in [0.15, 0.2) is 0 Å². The molecule has 4 saturated carbocycles. The van der Waals surface area contributed by atoms with E-state index in [2.05, 4.69) is 40.6 Å². The van der Waals surface area contributed by atoms with Gasteiger partial charge in [0.1, 0.15) is 0 Å². The number of carboxylic acid groups (broad SMARTS) is 1. The van der Waals surface area contributed by atoms with Crippen molar-refractivity contribution in [3.63, 3.8) is 0 Å². The van der Waals surface area contributed by atoms with Crippen LogP contribution in [0.2, 0.25) is 0 Å². The van der Waals surface area contributed by atoms with Gasteiger partial charge in [-0.1, -0.05) is 30.2 Å². The average Bonchev–Trinajstić information content (AvgIpc) is 3.12. The molecule has 0 spiro atoms. The van der Waals surface area contributed by atoms with Gasteiger partial charge in [0.05, 0.1) is 18.8 Å². The molecule has 7 nitrogen and oxygen atoms in total. The van der Waals surface area contributed by atoms with Gasteiger partial charge in [-0.05, 0) is 97.7 Å². The van der Waals surface area contributed by atoms with E-state index in [0.717, 1.165) is 44.9 Å².